The maximum absolute atomic E-state index is 13.1. The van der Waals surface area contributed by atoms with Crippen LogP contribution < -0.4 is 0 Å². The fourth-order valence-corrected chi connectivity index (χ4v) is 1.24. The van der Waals surface area contributed by atoms with Crippen LogP contribution in [0.4, 0.5) is 9.18 Å². The van der Waals surface area contributed by atoms with Gasteiger partial charge in [0.05, 0.1) is 0 Å². The number of halogens is 1. The first-order valence-corrected chi connectivity index (χ1v) is 3.68. The lowest BCUT2D eigenvalue weighted by molar-refractivity contribution is 0.196. The largest absolute Gasteiger partial charge is 0.464 e. The average Bonchev–Trinajstić information content (AvgIpc) is 2.49. The molecule has 0 bridgehead atoms. The van der Waals surface area contributed by atoms with Gasteiger partial charge >= 0.3 is 6.09 Å². The third-order valence-electron chi connectivity index (χ3n) is 1.85. The normalized spacial score (nSPS) is 10.5. The molecule has 0 radical (unpaired) electrons. The monoisotopic (exact) mass is 179 g/mol. The van der Waals surface area contributed by atoms with Crippen molar-refractivity contribution in [3.8, 4) is 0 Å². The fraction of sp³-hybridized carbons (Fsp3) is 0. The van der Waals surface area contributed by atoms with Gasteiger partial charge in [-0.1, -0.05) is 12.1 Å². The first-order valence-electron chi connectivity index (χ1n) is 3.68. The van der Waals surface area contributed by atoms with Crippen LogP contribution in [0, 0.1) is 5.82 Å². The van der Waals surface area contributed by atoms with Crippen LogP contribution in [0.3, 0.4) is 0 Å². The number of benzene rings is 1. The molecular weight excluding hydrogens is 173 g/mol. The van der Waals surface area contributed by atoms with E-state index >= 15 is 0 Å². The molecule has 1 heterocycles. The maximum atomic E-state index is 13.1. The summed E-state index contributed by atoms with van der Waals surface area (Å²) in [6.45, 7) is 0. The molecule has 0 saturated carbocycles. The van der Waals surface area contributed by atoms with Gasteiger partial charge in [-0.2, -0.15) is 0 Å². The van der Waals surface area contributed by atoms with Crippen molar-refractivity contribution in [2.24, 2.45) is 0 Å². The van der Waals surface area contributed by atoms with E-state index in [2.05, 4.69) is 0 Å². The highest BCUT2D eigenvalue weighted by molar-refractivity contribution is 5.86. The number of nitrogens with zero attached hydrogens (tertiary/aromatic N) is 1. The maximum Gasteiger partial charge on any atom is 0.415 e. The zero-order chi connectivity index (χ0) is 9.42. The summed E-state index contributed by atoms with van der Waals surface area (Å²) in [4.78, 5) is 10.5. The van der Waals surface area contributed by atoms with E-state index in [9.17, 15) is 9.18 Å². The van der Waals surface area contributed by atoms with Crippen molar-refractivity contribution in [3.05, 3.63) is 36.4 Å². The van der Waals surface area contributed by atoms with Gasteiger partial charge in [0.15, 0.2) is 0 Å². The summed E-state index contributed by atoms with van der Waals surface area (Å²) in [6.07, 6.45) is 1.52. The number of carbonyl (C=O) groups is 1. The van der Waals surface area contributed by atoms with Gasteiger partial charge in [0.25, 0.3) is 0 Å². The Morgan fingerprint density at radius 1 is 1.38 bits per heavy atom. The van der Waals surface area contributed by atoms with Gasteiger partial charge in [-0.05, 0) is 6.07 Å². The Morgan fingerprint density at radius 2 is 2.15 bits per heavy atom. The Hall–Kier alpha value is -1.84. The third kappa shape index (κ3) is 1.16. The van der Waals surface area contributed by atoms with Gasteiger partial charge in [-0.25, -0.2) is 9.18 Å². The predicted molar refractivity (Wildman–Crippen MR) is 45.3 cm³/mol. The molecule has 66 valence electrons. The predicted octanol–water partition coefficient (Wildman–Crippen LogP) is 2.31. The van der Waals surface area contributed by atoms with Gasteiger partial charge < -0.3 is 5.11 Å². The minimum Gasteiger partial charge on any atom is -0.464 e. The Labute approximate surface area is 73.0 Å². The van der Waals surface area contributed by atoms with Crippen LogP contribution in [0.15, 0.2) is 30.6 Å². The Kier molecular flexibility index (Phi) is 1.55. The van der Waals surface area contributed by atoms with Crippen molar-refractivity contribution >= 4 is 16.9 Å². The van der Waals surface area contributed by atoms with Crippen molar-refractivity contribution < 1.29 is 14.3 Å². The van der Waals surface area contributed by atoms with Crippen LogP contribution >= 0.6 is 0 Å². The SMILES string of the molecule is O=C(O)n1cc2cccc(F)c2c1. The van der Waals surface area contributed by atoms with Gasteiger partial charge in [0.1, 0.15) is 5.82 Å². The molecule has 13 heavy (non-hydrogen) atoms. The van der Waals surface area contributed by atoms with Gasteiger partial charge in [0.2, 0.25) is 0 Å². The fourth-order valence-electron chi connectivity index (χ4n) is 1.24. The molecule has 2 rings (SSSR count). The molecule has 1 aromatic heterocycles. The molecule has 0 atom stereocenters. The molecule has 0 aliphatic heterocycles. The van der Waals surface area contributed by atoms with E-state index in [0.717, 1.165) is 4.57 Å². The highest BCUT2D eigenvalue weighted by atomic mass is 19.1. The molecule has 0 spiro atoms. The summed E-state index contributed by atoms with van der Waals surface area (Å²) in [6, 6.07) is 4.51. The summed E-state index contributed by atoms with van der Waals surface area (Å²) in [5.41, 5.74) is 0. The molecule has 0 aliphatic rings. The molecule has 3 nitrogen and oxygen atoms in total. The van der Waals surface area contributed by atoms with Gasteiger partial charge in [0, 0.05) is 23.2 Å². The minimum atomic E-state index is -1.12. The first kappa shape index (κ1) is 7.79. The van der Waals surface area contributed by atoms with E-state index in [1.165, 1.54) is 18.5 Å². The highest BCUT2D eigenvalue weighted by Gasteiger charge is 2.06. The molecule has 0 aliphatic carbocycles. The molecule has 0 fully saturated rings. The molecule has 1 N–H and O–H groups in total. The number of carboxylic acid groups (broad SMARTS) is 1. The van der Waals surface area contributed by atoms with Crippen LogP contribution in [-0.2, 0) is 0 Å². The first-order chi connectivity index (χ1) is 6.18. The van der Waals surface area contributed by atoms with Crippen molar-refractivity contribution in [2.45, 2.75) is 0 Å². The van der Waals surface area contributed by atoms with E-state index in [4.69, 9.17) is 5.11 Å². The standard InChI is InChI=1S/C9H6FNO2/c10-8-3-1-2-6-4-11(9(12)13)5-7(6)8/h1-5H,(H,12,13). The van der Waals surface area contributed by atoms with E-state index in [0.29, 0.717) is 10.8 Å². The minimum absolute atomic E-state index is 0.324. The average molecular weight is 179 g/mol. The second-order valence-electron chi connectivity index (χ2n) is 2.69. The molecule has 0 amide bonds. The molecule has 0 saturated heterocycles. The van der Waals surface area contributed by atoms with Crippen LogP contribution in [-0.4, -0.2) is 15.8 Å². The van der Waals surface area contributed by atoms with Crippen LogP contribution in [0.1, 0.15) is 0 Å². The zero-order valence-corrected chi connectivity index (χ0v) is 6.57. The Balaban J connectivity index is 2.75. The summed E-state index contributed by atoms with van der Waals surface area (Å²) in [7, 11) is 0. The van der Waals surface area contributed by atoms with E-state index in [-0.39, 0.29) is 0 Å². The molecule has 1 aromatic carbocycles. The lowest BCUT2D eigenvalue weighted by atomic mass is 10.2. The molecule has 4 heteroatoms. The van der Waals surface area contributed by atoms with Crippen LogP contribution in [0.25, 0.3) is 10.8 Å². The zero-order valence-electron chi connectivity index (χ0n) is 6.57. The van der Waals surface area contributed by atoms with Crippen LogP contribution in [0.5, 0.6) is 0 Å². The van der Waals surface area contributed by atoms with Gasteiger partial charge in [-0.15, -0.1) is 0 Å². The van der Waals surface area contributed by atoms with E-state index in [1.54, 1.807) is 12.1 Å². The number of hydrogen-bond donors (Lipinski definition) is 1. The summed E-state index contributed by atoms with van der Waals surface area (Å²) in [5.74, 6) is -0.405. The summed E-state index contributed by atoms with van der Waals surface area (Å²) in [5, 5.41) is 9.53. The topological polar surface area (TPSA) is 42.2 Å². The second kappa shape index (κ2) is 2.58. The highest BCUT2D eigenvalue weighted by Crippen LogP contribution is 2.18. The summed E-state index contributed by atoms with van der Waals surface area (Å²) >= 11 is 0. The second-order valence-corrected chi connectivity index (χ2v) is 2.69. The van der Waals surface area contributed by atoms with Crippen molar-refractivity contribution in [1.82, 2.24) is 4.57 Å². The Morgan fingerprint density at radius 3 is 2.77 bits per heavy atom. The lowest BCUT2D eigenvalue weighted by Gasteiger charge is -1.88. The number of aromatic nitrogens is 1. The number of fused-ring (bicyclic) bond motifs is 1. The Bertz CT molecular complexity index is 475. The van der Waals surface area contributed by atoms with E-state index < -0.39 is 11.9 Å². The van der Waals surface area contributed by atoms with Gasteiger partial charge in [-0.3, -0.25) is 4.57 Å². The molecule has 0 unspecified atom stereocenters. The summed E-state index contributed by atoms with van der Waals surface area (Å²) < 4.78 is 14.0. The third-order valence-corrected chi connectivity index (χ3v) is 1.85. The van der Waals surface area contributed by atoms with Crippen LogP contribution in [0.2, 0.25) is 0 Å². The lowest BCUT2D eigenvalue weighted by Crippen LogP contribution is -2.03. The smallest absolute Gasteiger partial charge is 0.415 e. The quantitative estimate of drug-likeness (QED) is 0.674. The number of hydrogen-bond acceptors (Lipinski definition) is 1. The molecule has 2 aromatic rings. The number of rotatable bonds is 0. The molecular formula is C9H6FNO2. The van der Waals surface area contributed by atoms with Crippen molar-refractivity contribution in [2.75, 3.05) is 0 Å². The van der Waals surface area contributed by atoms with Crippen molar-refractivity contribution in [1.29, 1.82) is 0 Å². The van der Waals surface area contributed by atoms with E-state index in [1.807, 2.05) is 0 Å². The van der Waals surface area contributed by atoms with Crippen molar-refractivity contribution in [3.63, 3.8) is 0 Å².